The van der Waals surface area contributed by atoms with Crippen LogP contribution in [0.5, 0.6) is 0 Å². The first-order valence-corrected chi connectivity index (χ1v) is 11.2. The highest BCUT2D eigenvalue weighted by atomic mass is 127. The Balaban J connectivity index is 0.00000385. The molecule has 33 heavy (non-hydrogen) atoms. The van der Waals surface area contributed by atoms with E-state index in [4.69, 9.17) is 4.74 Å². The molecule has 3 rings (SSSR count). The van der Waals surface area contributed by atoms with Gasteiger partial charge in [0.25, 0.3) is 5.91 Å². The summed E-state index contributed by atoms with van der Waals surface area (Å²) in [5.41, 5.74) is 2.72. The molecule has 1 heterocycles. The summed E-state index contributed by atoms with van der Waals surface area (Å²) in [6.07, 6.45) is -0.133. The molecule has 2 aromatic carbocycles. The molecule has 1 N–H and O–H groups in total. The van der Waals surface area contributed by atoms with Crippen LogP contribution in [0.3, 0.4) is 0 Å². The molecule has 2 unspecified atom stereocenters. The Morgan fingerprint density at radius 1 is 1.12 bits per heavy atom. The molecule has 0 bridgehead atoms. The maximum Gasteiger partial charge on any atom is 0.253 e. The molecule has 0 spiro atoms. The molecule has 1 aliphatic rings. The lowest BCUT2D eigenvalue weighted by Crippen LogP contribution is -2.50. The molecule has 1 saturated heterocycles. The Bertz CT molecular complexity index is 917. The van der Waals surface area contributed by atoms with E-state index in [2.05, 4.69) is 15.2 Å². The van der Waals surface area contributed by atoms with Gasteiger partial charge < -0.3 is 19.9 Å². The average Bonchev–Trinajstić information content (AvgIpc) is 2.80. The van der Waals surface area contributed by atoms with Gasteiger partial charge in [0.1, 0.15) is 11.9 Å². The standard InChI is InChI=1S/C25H33FN4O2.HI/c1-5-29(6-2)24(31)21-9-7-19(8-10-21)15-28-25(27-4)30-16-18(3)32-23(17-30)20-11-13-22(26)14-12-20;/h7-14,18,23H,5-6,15-17H2,1-4H3,(H,27,28);1H. The van der Waals surface area contributed by atoms with Crippen molar-refractivity contribution in [2.45, 2.75) is 39.5 Å². The zero-order chi connectivity index (χ0) is 23.1. The highest BCUT2D eigenvalue weighted by molar-refractivity contribution is 14.0. The van der Waals surface area contributed by atoms with Crippen molar-refractivity contribution in [3.05, 3.63) is 71.0 Å². The van der Waals surface area contributed by atoms with Crippen LogP contribution in [0.25, 0.3) is 0 Å². The first-order chi connectivity index (χ1) is 15.4. The van der Waals surface area contributed by atoms with Gasteiger partial charge >= 0.3 is 0 Å². The normalized spacial score (nSPS) is 18.5. The highest BCUT2D eigenvalue weighted by Gasteiger charge is 2.28. The summed E-state index contributed by atoms with van der Waals surface area (Å²) < 4.78 is 19.4. The number of morpholine rings is 1. The van der Waals surface area contributed by atoms with Crippen LogP contribution < -0.4 is 5.32 Å². The third kappa shape index (κ3) is 7.14. The van der Waals surface area contributed by atoms with Crippen molar-refractivity contribution in [2.75, 3.05) is 33.2 Å². The molecular formula is C25H34FIN4O2. The van der Waals surface area contributed by atoms with Gasteiger partial charge in [0, 0.05) is 38.8 Å². The van der Waals surface area contributed by atoms with Crippen LogP contribution in [0.15, 0.2) is 53.5 Å². The van der Waals surface area contributed by atoms with E-state index >= 15 is 0 Å². The number of nitrogens with zero attached hydrogens (tertiary/aromatic N) is 3. The Hall–Kier alpha value is -2.20. The lowest BCUT2D eigenvalue weighted by molar-refractivity contribution is -0.0605. The molecule has 2 aromatic rings. The first kappa shape index (κ1) is 27.0. The molecule has 180 valence electrons. The van der Waals surface area contributed by atoms with E-state index in [-0.39, 0.29) is 47.9 Å². The van der Waals surface area contributed by atoms with E-state index in [9.17, 15) is 9.18 Å². The quantitative estimate of drug-likeness (QED) is 0.318. The molecule has 1 amide bonds. The molecule has 0 aliphatic carbocycles. The maximum absolute atomic E-state index is 13.3. The topological polar surface area (TPSA) is 57.2 Å². The van der Waals surface area contributed by atoms with Gasteiger partial charge in [-0.2, -0.15) is 0 Å². The van der Waals surface area contributed by atoms with E-state index in [1.54, 1.807) is 19.2 Å². The van der Waals surface area contributed by atoms with Gasteiger partial charge in [-0.1, -0.05) is 24.3 Å². The van der Waals surface area contributed by atoms with Crippen LogP contribution in [0.4, 0.5) is 4.39 Å². The van der Waals surface area contributed by atoms with Crippen molar-refractivity contribution < 1.29 is 13.9 Å². The Kier molecular flexibility index (Phi) is 10.6. The van der Waals surface area contributed by atoms with E-state index in [1.807, 2.05) is 49.9 Å². The summed E-state index contributed by atoms with van der Waals surface area (Å²) in [5, 5.41) is 3.42. The summed E-state index contributed by atoms with van der Waals surface area (Å²) in [6, 6.07) is 14.2. The van der Waals surface area contributed by atoms with Crippen molar-refractivity contribution in [3.63, 3.8) is 0 Å². The van der Waals surface area contributed by atoms with Gasteiger partial charge in [-0.05, 0) is 56.2 Å². The molecule has 8 heteroatoms. The number of ether oxygens (including phenoxy) is 1. The number of guanidine groups is 1. The van der Waals surface area contributed by atoms with Crippen LogP contribution in [-0.2, 0) is 11.3 Å². The number of nitrogens with one attached hydrogen (secondary N) is 1. The third-order valence-electron chi connectivity index (χ3n) is 5.72. The number of rotatable bonds is 6. The van der Waals surface area contributed by atoms with E-state index in [1.165, 1.54) is 12.1 Å². The molecule has 6 nitrogen and oxygen atoms in total. The molecule has 0 aromatic heterocycles. The number of carbonyl (C=O) groups excluding carboxylic acids is 1. The molecule has 1 fully saturated rings. The van der Waals surface area contributed by atoms with E-state index in [0.29, 0.717) is 38.3 Å². The number of benzene rings is 2. The van der Waals surface area contributed by atoms with Gasteiger partial charge in [0.15, 0.2) is 5.96 Å². The van der Waals surface area contributed by atoms with Crippen LogP contribution >= 0.6 is 24.0 Å². The largest absolute Gasteiger partial charge is 0.367 e. The number of aliphatic imine (C=N–C) groups is 1. The van der Waals surface area contributed by atoms with Crippen LogP contribution in [-0.4, -0.2) is 61.0 Å². The minimum absolute atomic E-state index is 0. The van der Waals surface area contributed by atoms with Crippen molar-refractivity contribution >= 4 is 35.8 Å². The monoisotopic (exact) mass is 568 g/mol. The van der Waals surface area contributed by atoms with Crippen molar-refractivity contribution in [2.24, 2.45) is 4.99 Å². The second-order valence-electron chi connectivity index (χ2n) is 7.97. The fourth-order valence-electron chi connectivity index (χ4n) is 3.96. The summed E-state index contributed by atoms with van der Waals surface area (Å²) in [5.74, 6) is 0.590. The summed E-state index contributed by atoms with van der Waals surface area (Å²) in [7, 11) is 1.77. The van der Waals surface area contributed by atoms with E-state index in [0.717, 1.165) is 17.1 Å². The van der Waals surface area contributed by atoms with Gasteiger partial charge in [-0.3, -0.25) is 9.79 Å². The van der Waals surface area contributed by atoms with Crippen molar-refractivity contribution in [1.82, 2.24) is 15.1 Å². The fourth-order valence-corrected chi connectivity index (χ4v) is 3.96. The SMILES string of the molecule is CCN(CC)C(=O)c1ccc(CNC(=NC)N2CC(C)OC(c3ccc(F)cc3)C2)cc1.I. The van der Waals surface area contributed by atoms with Crippen LogP contribution in [0, 0.1) is 5.82 Å². The summed E-state index contributed by atoms with van der Waals surface area (Å²) in [6.45, 7) is 9.34. The van der Waals surface area contributed by atoms with Gasteiger partial charge in [-0.25, -0.2) is 4.39 Å². The predicted octanol–water partition coefficient (Wildman–Crippen LogP) is 4.46. The molecular weight excluding hydrogens is 534 g/mol. The van der Waals surface area contributed by atoms with Gasteiger partial charge in [0.05, 0.1) is 12.6 Å². The Morgan fingerprint density at radius 2 is 1.76 bits per heavy atom. The van der Waals surface area contributed by atoms with E-state index < -0.39 is 0 Å². The maximum atomic E-state index is 13.3. The average molecular weight is 568 g/mol. The third-order valence-corrected chi connectivity index (χ3v) is 5.72. The lowest BCUT2D eigenvalue weighted by atomic mass is 10.1. The molecule has 1 aliphatic heterocycles. The molecule has 0 saturated carbocycles. The fraction of sp³-hybridized carbons (Fsp3) is 0.440. The summed E-state index contributed by atoms with van der Waals surface area (Å²) in [4.78, 5) is 20.9. The second-order valence-corrected chi connectivity index (χ2v) is 7.97. The number of carbonyl (C=O) groups is 1. The number of halogens is 2. The van der Waals surface area contributed by atoms with Crippen LogP contribution in [0.2, 0.25) is 0 Å². The van der Waals surface area contributed by atoms with Crippen LogP contribution in [0.1, 0.15) is 48.4 Å². The Morgan fingerprint density at radius 3 is 2.33 bits per heavy atom. The summed E-state index contributed by atoms with van der Waals surface area (Å²) >= 11 is 0. The lowest BCUT2D eigenvalue weighted by Gasteiger charge is -2.38. The zero-order valence-corrected chi connectivity index (χ0v) is 22.1. The van der Waals surface area contributed by atoms with Gasteiger partial charge in [0.2, 0.25) is 0 Å². The van der Waals surface area contributed by atoms with Gasteiger partial charge in [-0.15, -0.1) is 24.0 Å². The van der Waals surface area contributed by atoms with Crippen molar-refractivity contribution in [1.29, 1.82) is 0 Å². The zero-order valence-electron chi connectivity index (χ0n) is 19.8. The second kappa shape index (κ2) is 12.9. The predicted molar refractivity (Wildman–Crippen MR) is 141 cm³/mol. The molecule has 2 atom stereocenters. The minimum Gasteiger partial charge on any atom is -0.367 e. The Labute approximate surface area is 213 Å². The number of hydrogen-bond acceptors (Lipinski definition) is 3. The highest BCUT2D eigenvalue weighted by Crippen LogP contribution is 2.25. The number of hydrogen-bond donors (Lipinski definition) is 1. The minimum atomic E-state index is -0.253. The first-order valence-electron chi connectivity index (χ1n) is 11.2. The molecule has 0 radical (unpaired) electrons. The van der Waals surface area contributed by atoms with Crippen molar-refractivity contribution in [3.8, 4) is 0 Å². The smallest absolute Gasteiger partial charge is 0.253 e. The number of amides is 1.